The molecule has 0 aromatic carbocycles. The van der Waals surface area contributed by atoms with Crippen LogP contribution in [-0.4, -0.2) is 58.9 Å². The molecule has 6 nitrogen and oxygen atoms in total. The zero-order valence-corrected chi connectivity index (χ0v) is 16.4. The van der Waals surface area contributed by atoms with Gasteiger partial charge in [-0.15, -0.1) is 17.7 Å². The lowest BCUT2D eigenvalue weighted by Gasteiger charge is -2.28. The highest BCUT2D eigenvalue weighted by atomic mass is 32.2. The van der Waals surface area contributed by atoms with Crippen molar-refractivity contribution in [2.24, 2.45) is 10.9 Å². The van der Waals surface area contributed by atoms with Crippen molar-refractivity contribution in [2.45, 2.75) is 32.8 Å². The molecule has 0 bridgehead atoms. The van der Waals surface area contributed by atoms with E-state index in [4.69, 9.17) is 9.98 Å². The van der Waals surface area contributed by atoms with E-state index >= 15 is 0 Å². The van der Waals surface area contributed by atoms with Gasteiger partial charge in [0, 0.05) is 39.4 Å². The lowest BCUT2D eigenvalue weighted by molar-refractivity contribution is 0.454. The highest BCUT2D eigenvalue weighted by molar-refractivity contribution is 7.99. The van der Waals surface area contributed by atoms with Gasteiger partial charge >= 0.3 is 0 Å². The smallest absolute Gasteiger partial charge is 0.209 e. The van der Waals surface area contributed by atoms with E-state index in [1.807, 2.05) is 18.7 Å². The number of nitrogens with one attached hydrogen (secondary N) is 1. The Balaban J connectivity index is 1.98. The van der Waals surface area contributed by atoms with E-state index in [1.165, 1.54) is 0 Å². The number of thioether (sulfide) groups is 1. The topological polar surface area (TPSA) is 48.7 Å². The van der Waals surface area contributed by atoms with Crippen LogP contribution in [0.3, 0.4) is 0 Å². The number of anilines is 1. The van der Waals surface area contributed by atoms with Gasteiger partial charge in [-0.3, -0.25) is 4.57 Å². The Kier molecular flexibility index (Phi) is 5.92. The molecule has 7 heteroatoms. The first-order chi connectivity index (χ1) is 12.1. The molecule has 1 aromatic rings. The summed E-state index contributed by atoms with van der Waals surface area (Å²) >= 11 is 1.87. The largest absolute Gasteiger partial charge is 0.348 e. The molecular weight excluding hydrogens is 332 g/mol. The average molecular weight is 361 g/mol. The molecule has 1 N–H and O–H groups in total. The molecule has 1 unspecified atom stereocenters. The third-order valence-corrected chi connectivity index (χ3v) is 5.86. The van der Waals surface area contributed by atoms with E-state index in [2.05, 4.69) is 58.6 Å². The molecule has 0 saturated carbocycles. The number of piperazine rings is 1. The molecule has 0 spiro atoms. The summed E-state index contributed by atoms with van der Waals surface area (Å²) in [5, 5.41) is 4.47. The predicted octanol–water partition coefficient (Wildman–Crippen LogP) is 0.292. The van der Waals surface area contributed by atoms with Crippen molar-refractivity contribution in [1.29, 1.82) is 0 Å². The van der Waals surface area contributed by atoms with Crippen LogP contribution in [-0.2, 0) is 6.54 Å². The Morgan fingerprint density at radius 3 is 2.80 bits per heavy atom. The SMILES string of the molecule is CC#CCn1c(N2CCNCC2)nc2c1=CN(C)C(SCC(C)C)N=2. The second-order valence-corrected chi connectivity index (χ2v) is 7.94. The number of rotatable bonds is 5. The van der Waals surface area contributed by atoms with Gasteiger partial charge in [-0.1, -0.05) is 19.8 Å². The summed E-state index contributed by atoms with van der Waals surface area (Å²) in [6.07, 6.45) is 2.18. The van der Waals surface area contributed by atoms with Gasteiger partial charge in [0.05, 0.1) is 6.54 Å². The van der Waals surface area contributed by atoms with Gasteiger partial charge in [-0.2, -0.15) is 4.98 Å². The van der Waals surface area contributed by atoms with E-state index in [1.54, 1.807) is 0 Å². The minimum atomic E-state index is 0.103. The zero-order chi connectivity index (χ0) is 17.8. The monoisotopic (exact) mass is 360 g/mol. The van der Waals surface area contributed by atoms with Gasteiger partial charge in [0.1, 0.15) is 5.35 Å². The maximum atomic E-state index is 4.92. The fraction of sp³-hybridized carbons (Fsp3) is 0.667. The summed E-state index contributed by atoms with van der Waals surface area (Å²) in [5.41, 5.74) is 0.956. The van der Waals surface area contributed by atoms with Crippen LogP contribution in [0.15, 0.2) is 4.99 Å². The Morgan fingerprint density at radius 2 is 2.12 bits per heavy atom. The van der Waals surface area contributed by atoms with Gasteiger partial charge in [-0.05, 0) is 18.6 Å². The maximum absolute atomic E-state index is 4.92. The molecular formula is C18H28N6S. The molecule has 2 aliphatic heterocycles. The maximum Gasteiger partial charge on any atom is 0.209 e. The second-order valence-electron chi connectivity index (χ2n) is 6.85. The first kappa shape index (κ1) is 18.2. The molecule has 2 aliphatic rings. The summed E-state index contributed by atoms with van der Waals surface area (Å²) in [7, 11) is 2.10. The average Bonchev–Trinajstić information content (AvgIpc) is 2.96. The molecule has 1 aromatic heterocycles. The Bertz CT molecular complexity index is 766. The van der Waals surface area contributed by atoms with Crippen LogP contribution in [0.25, 0.3) is 6.20 Å². The Hall–Kier alpha value is -1.65. The van der Waals surface area contributed by atoms with E-state index < -0.39 is 0 Å². The summed E-state index contributed by atoms with van der Waals surface area (Å²) < 4.78 is 2.21. The van der Waals surface area contributed by atoms with Crippen LogP contribution >= 0.6 is 11.8 Å². The lowest BCUT2D eigenvalue weighted by Crippen LogP contribution is -2.45. The van der Waals surface area contributed by atoms with Crippen LogP contribution < -0.4 is 21.1 Å². The van der Waals surface area contributed by atoms with Crippen LogP contribution in [0.5, 0.6) is 0 Å². The van der Waals surface area contributed by atoms with Crippen molar-refractivity contribution >= 4 is 23.9 Å². The molecule has 0 amide bonds. The number of hydrogen-bond acceptors (Lipinski definition) is 6. The van der Waals surface area contributed by atoms with Crippen molar-refractivity contribution in [2.75, 3.05) is 43.9 Å². The van der Waals surface area contributed by atoms with Crippen molar-refractivity contribution in [1.82, 2.24) is 19.8 Å². The molecule has 0 aliphatic carbocycles. The quantitative estimate of drug-likeness (QED) is 0.765. The fourth-order valence-electron chi connectivity index (χ4n) is 2.97. The van der Waals surface area contributed by atoms with Crippen LogP contribution in [0.2, 0.25) is 0 Å². The number of aromatic nitrogens is 2. The van der Waals surface area contributed by atoms with Crippen molar-refractivity contribution < 1.29 is 0 Å². The molecule has 25 heavy (non-hydrogen) atoms. The molecule has 0 radical (unpaired) electrons. The third kappa shape index (κ3) is 4.13. The van der Waals surface area contributed by atoms with Gasteiger partial charge in [-0.25, -0.2) is 4.99 Å². The van der Waals surface area contributed by atoms with E-state index in [-0.39, 0.29) is 5.50 Å². The minimum absolute atomic E-state index is 0.103. The summed E-state index contributed by atoms with van der Waals surface area (Å²) in [4.78, 5) is 14.3. The normalized spacial score (nSPS) is 19.8. The summed E-state index contributed by atoms with van der Waals surface area (Å²) in [5.74, 6) is 8.94. The highest BCUT2D eigenvalue weighted by Gasteiger charge is 2.22. The Morgan fingerprint density at radius 1 is 1.36 bits per heavy atom. The van der Waals surface area contributed by atoms with Crippen LogP contribution in [0.1, 0.15) is 20.8 Å². The van der Waals surface area contributed by atoms with Gasteiger partial charge < -0.3 is 15.1 Å². The van der Waals surface area contributed by atoms with Crippen LogP contribution in [0.4, 0.5) is 5.95 Å². The summed E-state index contributed by atoms with van der Waals surface area (Å²) in [6.45, 7) is 10.9. The molecule has 136 valence electrons. The fourth-order valence-corrected chi connectivity index (χ4v) is 4.00. The number of hydrogen-bond donors (Lipinski definition) is 1. The number of fused-ring (bicyclic) bond motifs is 1. The number of imidazole rings is 1. The number of nitrogens with zero attached hydrogens (tertiary/aromatic N) is 5. The standard InChI is InChI=1S/C18H28N6S/c1-5-6-9-24-15-12-22(4)18(25-13-14(2)3)21-16(15)20-17(24)23-10-7-19-8-11-23/h12,14,18-19H,7-11,13H2,1-4H3. The minimum Gasteiger partial charge on any atom is -0.348 e. The Labute approximate surface area is 154 Å². The van der Waals surface area contributed by atoms with E-state index in [9.17, 15) is 0 Å². The van der Waals surface area contributed by atoms with Gasteiger partial charge in [0.2, 0.25) is 5.95 Å². The highest BCUT2D eigenvalue weighted by Crippen LogP contribution is 2.20. The van der Waals surface area contributed by atoms with E-state index in [0.29, 0.717) is 12.5 Å². The van der Waals surface area contributed by atoms with Gasteiger partial charge in [0.15, 0.2) is 11.0 Å². The lowest BCUT2D eigenvalue weighted by atomic mass is 10.3. The third-order valence-electron chi connectivity index (χ3n) is 4.27. The first-order valence-corrected chi connectivity index (χ1v) is 10.00. The molecule has 3 heterocycles. The first-order valence-electron chi connectivity index (χ1n) is 8.95. The molecule has 3 rings (SSSR count). The predicted molar refractivity (Wildman–Crippen MR) is 105 cm³/mol. The van der Waals surface area contributed by atoms with E-state index in [0.717, 1.165) is 48.7 Å². The van der Waals surface area contributed by atoms with Crippen LogP contribution in [0, 0.1) is 17.8 Å². The molecule has 1 saturated heterocycles. The van der Waals surface area contributed by atoms with Crippen molar-refractivity contribution in [3.05, 3.63) is 10.8 Å². The molecule has 1 fully saturated rings. The zero-order valence-electron chi connectivity index (χ0n) is 15.6. The van der Waals surface area contributed by atoms with Gasteiger partial charge in [0.25, 0.3) is 0 Å². The van der Waals surface area contributed by atoms with Crippen molar-refractivity contribution in [3.8, 4) is 11.8 Å². The second kappa shape index (κ2) is 8.15. The summed E-state index contributed by atoms with van der Waals surface area (Å²) in [6, 6.07) is 0. The van der Waals surface area contributed by atoms with Crippen molar-refractivity contribution in [3.63, 3.8) is 0 Å². The molecule has 1 atom stereocenters.